The van der Waals surface area contributed by atoms with E-state index in [1.54, 1.807) is 12.2 Å². The molecule has 3 heteroatoms. The van der Waals surface area contributed by atoms with Gasteiger partial charge in [-0.2, -0.15) is 0 Å². The highest BCUT2D eigenvalue weighted by Gasteiger charge is 2.26. The highest BCUT2D eigenvalue weighted by Crippen LogP contribution is 2.19. The van der Waals surface area contributed by atoms with Crippen molar-refractivity contribution in [3.05, 3.63) is 24.0 Å². The first-order valence-electron chi connectivity index (χ1n) is 2.98. The molecule has 2 aliphatic rings. The molecule has 2 rings (SSSR count). The molecule has 3 nitrogen and oxygen atoms in total. The van der Waals surface area contributed by atoms with Crippen LogP contribution in [0.3, 0.4) is 0 Å². The van der Waals surface area contributed by atoms with E-state index in [-0.39, 0.29) is 5.91 Å². The van der Waals surface area contributed by atoms with Crippen LogP contribution in [-0.4, -0.2) is 18.2 Å². The summed E-state index contributed by atoms with van der Waals surface area (Å²) in [6.45, 7) is 0. The van der Waals surface area contributed by atoms with Crippen molar-refractivity contribution in [2.45, 2.75) is 6.10 Å². The van der Waals surface area contributed by atoms with E-state index in [2.05, 4.69) is 4.99 Å². The topological polar surface area (TPSA) is 38.7 Å². The summed E-state index contributed by atoms with van der Waals surface area (Å²) in [6, 6.07) is 0. The van der Waals surface area contributed by atoms with E-state index >= 15 is 0 Å². The lowest BCUT2D eigenvalue weighted by molar-refractivity contribution is -0.123. The van der Waals surface area contributed by atoms with E-state index < -0.39 is 6.10 Å². The first-order chi connectivity index (χ1) is 4.88. The Balaban J connectivity index is 2.40. The fourth-order valence-corrected chi connectivity index (χ4v) is 0.971. The van der Waals surface area contributed by atoms with Crippen molar-refractivity contribution in [1.82, 2.24) is 0 Å². The molecule has 0 spiro atoms. The van der Waals surface area contributed by atoms with Gasteiger partial charge in [0.15, 0.2) is 0 Å². The highest BCUT2D eigenvalue weighted by molar-refractivity contribution is 5.98. The molecule has 1 unspecified atom stereocenters. The number of hydrogen-bond donors (Lipinski definition) is 0. The number of rotatable bonds is 0. The van der Waals surface area contributed by atoms with Crippen LogP contribution in [0.1, 0.15) is 0 Å². The Morgan fingerprint density at radius 1 is 1.60 bits per heavy atom. The third-order valence-electron chi connectivity index (χ3n) is 1.47. The van der Waals surface area contributed by atoms with Gasteiger partial charge in [0.25, 0.3) is 5.91 Å². The number of carbonyl (C=O) groups excluding carboxylic acids is 1. The standard InChI is InChI=1S/C7H5NO2/c9-7-6-5(1-3-8-7)2-4-10-6/h1-4,6H. The van der Waals surface area contributed by atoms with Gasteiger partial charge in [-0.15, -0.1) is 0 Å². The molecule has 2 heterocycles. The van der Waals surface area contributed by atoms with Gasteiger partial charge < -0.3 is 4.74 Å². The lowest BCUT2D eigenvalue weighted by Gasteiger charge is -2.09. The molecule has 0 aromatic rings. The zero-order valence-electron chi connectivity index (χ0n) is 5.15. The largest absolute Gasteiger partial charge is 0.483 e. The second kappa shape index (κ2) is 1.80. The van der Waals surface area contributed by atoms with Gasteiger partial charge in [0.2, 0.25) is 6.10 Å². The molecule has 0 fully saturated rings. The second-order valence-corrected chi connectivity index (χ2v) is 2.10. The Hall–Kier alpha value is -1.38. The number of hydrogen-bond acceptors (Lipinski definition) is 2. The SMILES string of the molecule is O=C1N=CC=C2C=COC12. The van der Waals surface area contributed by atoms with Crippen molar-refractivity contribution in [3.8, 4) is 0 Å². The Bertz CT molecular complexity index is 263. The predicted molar refractivity (Wildman–Crippen MR) is 35.6 cm³/mol. The number of aliphatic imine (C=N–C) groups is 1. The van der Waals surface area contributed by atoms with Gasteiger partial charge in [-0.25, -0.2) is 4.99 Å². The zero-order chi connectivity index (χ0) is 6.97. The van der Waals surface area contributed by atoms with Gasteiger partial charge in [-0.05, 0) is 12.2 Å². The minimum atomic E-state index is -0.454. The van der Waals surface area contributed by atoms with E-state index in [4.69, 9.17) is 4.74 Å². The summed E-state index contributed by atoms with van der Waals surface area (Å²) in [5.41, 5.74) is 0.889. The molecule has 0 aromatic heterocycles. The van der Waals surface area contributed by atoms with Gasteiger partial charge in [0.1, 0.15) is 0 Å². The minimum absolute atomic E-state index is 0.220. The van der Waals surface area contributed by atoms with Gasteiger partial charge in [-0.3, -0.25) is 4.79 Å². The van der Waals surface area contributed by atoms with Crippen molar-refractivity contribution in [2.75, 3.05) is 0 Å². The van der Waals surface area contributed by atoms with Crippen LogP contribution in [0.2, 0.25) is 0 Å². The smallest absolute Gasteiger partial charge is 0.291 e. The molecule has 1 amide bonds. The molecule has 0 saturated heterocycles. The maximum atomic E-state index is 10.9. The molecular weight excluding hydrogens is 130 g/mol. The summed E-state index contributed by atoms with van der Waals surface area (Å²) in [5.74, 6) is -0.220. The fraction of sp³-hybridized carbons (Fsp3) is 0.143. The minimum Gasteiger partial charge on any atom is -0.483 e. The molecular formula is C7H5NO2. The van der Waals surface area contributed by atoms with E-state index in [1.165, 1.54) is 12.5 Å². The molecule has 0 radical (unpaired) electrons. The van der Waals surface area contributed by atoms with Gasteiger partial charge in [0.05, 0.1) is 6.26 Å². The van der Waals surface area contributed by atoms with E-state index in [1.807, 2.05) is 0 Å². The van der Waals surface area contributed by atoms with Gasteiger partial charge >= 0.3 is 0 Å². The molecule has 10 heavy (non-hydrogen) atoms. The summed E-state index contributed by atoms with van der Waals surface area (Å²) in [4.78, 5) is 14.4. The highest BCUT2D eigenvalue weighted by atomic mass is 16.5. The van der Waals surface area contributed by atoms with Crippen molar-refractivity contribution in [3.63, 3.8) is 0 Å². The van der Waals surface area contributed by atoms with Crippen LogP contribution in [0.15, 0.2) is 29.0 Å². The van der Waals surface area contributed by atoms with Crippen LogP contribution >= 0.6 is 0 Å². The van der Waals surface area contributed by atoms with Crippen molar-refractivity contribution in [2.24, 2.45) is 4.99 Å². The van der Waals surface area contributed by atoms with Gasteiger partial charge in [0, 0.05) is 11.8 Å². The number of fused-ring (bicyclic) bond motifs is 1. The molecule has 0 aromatic carbocycles. The predicted octanol–water partition coefficient (Wildman–Crippen LogP) is 0.436. The number of nitrogens with zero attached hydrogens (tertiary/aromatic N) is 1. The first kappa shape index (κ1) is 5.41. The third kappa shape index (κ3) is 0.603. The van der Waals surface area contributed by atoms with Crippen molar-refractivity contribution in [1.29, 1.82) is 0 Å². The van der Waals surface area contributed by atoms with Crippen LogP contribution in [0, 0.1) is 0 Å². The van der Waals surface area contributed by atoms with Gasteiger partial charge in [-0.1, -0.05) is 0 Å². The summed E-state index contributed by atoms with van der Waals surface area (Å²) in [6.07, 6.45) is 6.10. The summed E-state index contributed by atoms with van der Waals surface area (Å²) < 4.78 is 4.96. The fourth-order valence-electron chi connectivity index (χ4n) is 0.971. The summed E-state index contributed by atoms with van der Waals surface area (Å²) >= 11 is 0. The quantitative estimate of drug-likeness (QED) is 0.483. The number of ether oxygens (including phenoxy) is 1. The van der Waals surface area contributed by atoms with Crippen LogP contribution in [0.25, 0.3) is 0 Å². The van der Waals surface area contributed by atoms with Crippen LogP contribution < -0.4 is 0 Å². The Morgan fingerprint density at radius 3 is 3.30 bits per heavy atom. The lowest BCUT2D eigenvalue weighted by atomic mass is 10.1. The molecule has 1 atom stereocenters. The van der Waals surface area contributed by atoms with Crippen molar-refractivity contribution >= 4 is 12.1 Å². The molecule has 0 N–H and O–H groups in total. The molecule has 50 valence electrons. The number of carbonyl (C=O) groups is 1. The zero-order valence-corrected chi connectivity index (χ0v) is 5.15. The average molecular weight is 135 g/mol. The Morgan fingerprint density at radius 2 is 2.50 bits per heavy atom. The Labute approximate surface area is 57.7 Å². The number of dihydropyridines is 1. The summed E-state index contributed by atoms with van der Waals surface area (Å²) in [5, 5.41) is 0. The summed E-state index contributed by atoms with van der Waals surface area (Å²) in [7, 11) is 0. The number of amides is 1. The monoisotopic (exact) mass is 135 g/mol. The van der Waals surface area contributed by atoms with Crippen LogP contribution in [-0.2, 0) is 9.53 Å². The lowest BCUT2D eigenvalue weighted by Crippen LogP contribution is -2.21. The van der Waals surface area contributed by atoms with E-state index in [9.17, 15) is 4.79 Å². The normalized spacial score (nSPS) is 27.8. The van der Waals surface area contributed by atoms with E-state index in [0.717, 1.165) is 5.57 Å². The van der Waals surface area contributed by atoms with Crippen LogP contribution in [0.5, 0.6) is 0 Å². The number of allylic oxidation sites excluding steroid dienone is 1. The average Bonchev–Trinajstić information content (AvgIpc) is 2.36. The third-order valence-corrected chi connectivity index (χ3v) is 1.47. The second-order valence-electron chi connectivity index (χ2n) is 2.10. The van der Waals surface area contributed by atoms with Crippen LogP contribution in [0.4, 0.5) is 0 Å². The molecule has 2 aliphatic heterocycles. The Kier molecular flexibility index (Phi) is 0.974. The molecule has 0 aliphatic carbocycles. The van der Waals surface area contributed by atoms with Crippen molar-refractivity contribution < 1.29 is 9.53 Å². The maximum absolute atomic E-state index is 10.9. The van der Waals surface area contributed by atoms with E-state index in [0.29, 0.717) is 0 Å². The maximum Gasteiger partial charge on any atom is 0.291 e. The molecule has 0 saturated carbocycles. The first-order valence-corrected chi connectivity index (χ1v) is 2.98. The molecule has 0 bridgehead atoms.